The van der Waals surface area contributed by atoms with E-state index in [-0.39, 0.29) is 22.3 Å². The molecule has 0 nitrogen and oxygen atoms in total. The molecule has 0 N–H and O–H groups in total. The number of allylic oxidation sites excluding steroid dienone is 4. The third-order valence-electron chi connectivity index (χ3n) is 1.62. The van der Waals surface area contributed by atoms with Crippen LogP contribution in [0.2, 0.25) is 0 Å². The van der Waals surface area contributed by atoms with Crippen molar-refractivity contribution in [3.8, 4) is 0 Å². The van der Waals surface area contributed by atoms with Crippen LogP contribution in [0.1, 0.15) is 27.8 Å². The lowest BCUT2D eigenvalue weighted by Gasteiger charge is -1.99. The third-order valence-corrected chi connectivity index (χ3v) is 1.62. The summed E-state index contributed by atoms with van der Waals surface area (Å²) in [7, 11) is 0. The van der Waals surface area contributed by atoms with Crippen molar-refractivity contribution in [1.29, 1.82) is 0 Å². The van der Waals surface area contributed by atoms with Gasteiger partial charge in [0.15, 0.2) is 0 Å². The molecule has 0 saturated heterocycles. The van der Waals surface area contributed by atoms with Gasteiger partial charge >= 0.3 is 0 Å². The quantitative estimate of drug-likeness (QED) is 0.582. The molecule has 1 aromatic rings. The van der Waals surface area contributed by atoms with E-state index < -0.39 is 0 Å². The minimum absolute atomic E-state index is 0. The van der Waals surface area contributed by atoms with E-state index in [1.54, 1.807) is 6.08 Å². The summed E-state index contributed by atoms with van der Waals surface area (Å²) in [5, 5.41) is 0. The van der Waals surface area contributed by atoms with Gasteiger partial charge in [0.25, 0.3) is 0 Å². The molecule has 0 heterocycles. The van der Waals surface area contributed by atoms with Crippen LogP contribution in [-0.2, 0) is 0 Å². The van der Waals surface area contributed by atoms with Crippen LogP contribution in [0.25, 0.3) is 5.57 Å². The van der Waals surface area contributed by atoms with Gasteiger partial charge in [-0.3, -0.25) is 0 Å². The van der Waals surface area contributed by atoms with E-state index in [9.17, 15) is 0 Å². The van der Waals surface area contributed by atoms with Crippen molar-refractivity contribution >= 4 is 5.57 Å². The second-order valence-corrected chi connectivity index (χ2v) is 2.43. The molecule has 84 valence electrons. The van der Waals surface area contributed by atoms with Gasteiger partial charge in [0, 0.05) is 0 Å². The van der Waals surface area contributed by atoms with E-state index in [0.717, 1.165) is 5.57 Å². The van der Waals surface area contributed by atoms with Crippen LogP contribution >= 0.6 is 0 Å². The van der Waals surface area contributed by atoms with E-state index in [0.29, 0.717) is 0 Å². The molecule has 0 heteroatoms. The highest BCUT2D eigenvalue weighted by molar-refractivity contribution is 5.74. The SMILES string of the molecule is C.C.C.C=C/C=C(\C=C)c1ccccc1. The molecule has 0 aromatic heterocycles. The van der Waals surface area contributed by atoms with Gasteiger partial charge in [-0.25, -0.2) is 0 Å². The Morgan fingerprint density at radius 2 is 1.47 bits per heavy atom. The summed E-state index contributed by atoms with van der Waals surface area (Å²) in [4.78, 5) is 0. The highest BCUT2D eigenvalue weighted by Gasteiger charge is 1.92. The Kier molecular flexibility index (Phi) is 13.4. The predicted molar refractivity (Wildman–Crippen MR) is 75.0 cm³/mol. The summed E-state index contributed by atoms with van der Waals surface area (Å²) in [5.41, 5.74) is 2.28. The molecule has 1 aromatic carbocycles. The molecular weight excluding hydrogens is 180 g/mol. The molecular formula is C15H24. The van der Waals surface area contributed by atoms with Crippen molar-refractivity contribution in [2.24, 2.45) is 0 Å². The van der Waals surface area contributed by atoms with Gasteiger partial charge < -0.3 is 0 Å². The van der Waals surface area contributed by atoms with Crippen LogP contribution in [0.5, 0.6) is 0 Å². The minimum atomic E-state index is 0. The first kappa shape index (κ1) is 19.1. The molecule has 0 bridgehead atoms. The van der Waals surface area contributed by atoms with Gasteiger partial charge in [0.2, 0.25) is 0 Å². The lowest BCUT2D eigenvalue weighted by atomic mass is 10.1. The summed E-state index contributed by atoms with van der Waals surface area (Å²) in [6, 6.07) is 10.1. The van der Waals surface area contributed by atoms with Gasteiger partial charge in [0.05, 0.1) is 0 Å². The summed E-state index contributed by atoms with van der Waals surface area (Å²) < 4.78 is 0. The average molecular weight is 204 g/mol. The molecule has 0 aliphatic carbocycles. The van der Waals surface area contributed by atoms with Crippen LogP contribution in [0.4, 0.5) is 0 Å². The standard InChI is InChI=1S/C12H12.3CH4/c1-3-8-11(4-2)12-9-6-5-7-10-12;;;/h3-10H,1-2H2;3*1H4/b11-8+;;;. The van der Waals surface area contributed by atoms with Crippen LogP contribution in [0, 0.1) is 0 Å². The van der Waals surface area contributed by atoms with Crippen molar-refractivity contribution in [3.05, 3.63) is 67.3 Å². The first-order valence-corrected chi connectivity index (χ1v) is 3.89. The van der Waals surface area contributed by atoms with Crippen LogP contribution in [0.3, 0.4) is 0 Å². The monoisotopic (exact) mass is 204 g/mol. The maximum absolute atomic E-state index is 3.74. The lowest BCUT2D eigenvalue weighted by Crippen LogP contribution is -1.77. The Bertz CT molecular complexity index is 291. The van der Waals surface area contributed by atoms with Gasteiger partial charge in [-0.05, 0) is 11.1 Å². The molecule has 0 spiro atoms. The molecule has 15 heavy (non-hydrogen) atoms. The van der Waals surface area contributed by atoms with Crippen LogP contribution < -0.4 is 0 Å². The lowest BCUT2D eigenvalue weighted by molar-refractivity contribution is 1.62. The van der Waals surface area contributed by atoms with Crippen molar-refractivity contribution in [2.75, 3.05) is 0 Å². The van der Waals surface area contributed by atoms with E-state index in [4.69, 9.17) is 0 Å². The molecule has 0 radical (unpaired) electrons. The fourth-order valence-corrected chi connectivity index (χ4v) is 1.04. The Balaban J connectivity index is -0.000000480. The average Bonchev–Trinajstić information content (AvgIpc) is 2.15. The molecule has 0 atom stereocenters. The molecule has 0 saturated carbocycles. The Morgan fingerprint density at radius 3 is 1.87 bits per heavy atom. The number of benzene rings is 1. The predicted octanol–water partition coefficient (Wildman–Crippen LogP) is 5.35. The number of rotatable bonds is 3. The fraction of sp³-hybridized carbons (Fsp3) is 0.200. The van der Waals surface area contributed by atoms with Crippen LogP contribution in [-0.4, -0.2) is 0 Å². The zero-order valence-electron chi connectivity index (χ0n) is 7.03. The molecule has 0 aliphatic heterocycles. The maximum atomic E-state index is 3.74. The third kappa shape index (κ3) is 5.69. The second kappa shape index (κ2) is 10.5. The van der Waals surface area contributed by atoms with Crippen molar-refractivity contribution < 1.29 is 0 Å². The number of hydrogen-bond acceptors (Lipinski definition) is 0. The molecule has 0 amide bonds. The topological polar surface area (TPSA) is 0 Å². The zero-order valence-corrected chi connectivity index (χ0v) is 7.03. The fourth-order valence-electron chi connectivity index (χ4n) is 1.04. The van der Waals surface area contributed by atoms with Gasteiger partial charge in [-0.2, -0.15) is 0 Å². The van der Waals surface area contributed by atoms with Crippen molar-refractivity contribution in [1.82, 2.24) is 0 Å². The highest BCUT2D eigenvalue weighted by Crippen LogP contribution is 2.14. The first-order valence-electron chi connectivity index (χ1n) is 3.89. The van der Waals surface area contributed by atoms with E-state index in [1.165, 1.54) is 5.56 Å². The summed E-state index contributed by atoms with van der Waals surface area (Å²) in [6.45, 7) is 7.39. The van der Waals surface area contributed by atoms with Crippen molar-refractivity contribution in [3.63, 3.8) is 0 Å². The largest absolute Gasteiger partial charge is 0.0990 e. The summed E-state index contributed by atoms with van der Waals surface area (Å²) in [6.07, 6.45) is 5.54. The highest BCUT2D eigenvalue weighted by atomic mass is 14.0. The first-order chi connectivity index (χ1) is 5.88. The van der Waals surface area contributed by atoms with Gasteiger partial charge in [-0.1, -0.05) is 84.0 Å². The second-order valence-electron chi connectivity index (χ2n) is 2.43. The Hall–Kier alpha value is -1.56. The Morgan fingerprint density at radius 1 is 0.933 bits per heavy atom. The smallest absolute Gasteiger partial charge is 0.0184 e. The van der Waals surface area contributed by atoms with Crippen molar-refractivity contribution in [2.45, 2.75) is 22.3 Å². The van der Waals surface area contributed by atoms with Gasteiger partial charge in [-0.15, -0.1) is 0 Å². The van der Waals surface area contributed by atoms with E-state index in [2.05, 4.69) is 25.3 Å². The number of hydrogen-bond donors (Lipinski definition) is 0. The van der Waals surface area contributed by atoms with Crippen LogP contribution in [0.15, 0.2) is 61.7 Å². The molecule has 0 fully saturated rings. The molecule has 0 unspecified atom stereocenters. The Labute approximate surface area is 95.7 Å². The zero-order chi connectivity index (χ0) is 8.81. The summed E-state index contributed by atoms with van der Waals surface area (Å²) in [5.74, 6) is 0. The normalized spacial score (nSPS) is 8.67. The van der Waals surface area contributed by atoms with E-state index >= 15 is 0 Å². The molecule has 0 aliphatic rings. The summed E-state index contributed by atoms with van der Waals surface area (Å²) >= 11 is 0. The van der Waals surface area contributed by atoms with Gasteiger partial charge in [0.1, 0.15) is 0 Å². The van der Waals surface area contributed by atoms with E-state index in [1.807, 2.05) is 30.4 Å². The maximum Gasteiger partial charge on any atom is -0.0184 e. The minimum Gasteiger partial charge on any atom is -0.0990 e. The molecule has 1 rings (SSSR count).